The summed E-state index contributed by atoms with van der Waals surface area (Å²) in [6.07, 6.45) is 8.62. The minimum atomic E-state index is 0.126. The molecule has 2 fully saturated rings. The molecule has 112 valence electrons. The maximum absolute atomic E-state index is 6.19. The molecule has 1 spiro atoms. The summed E-state index contributed by atoms with van der Waals surface area (Å²) in [4.78, 5) is 4.63. The van der Waals surface area contributed by atoms with Gasteiger partial charge in [-0.3, -0.25) is 11.3 Å². The molecule has 2 aliphatic rings. The Kier molecular flexibility index (Phi) is 4.40. The number of aryl methyl sites for hydroxylation is 1. The molecular weight excluding hydrogens is 270 g/mol. The molecule has 0 aromatic carbocycles. The van der Waals surface area contributed by atoms with E-state index in [-0.39, 0.29) is 11.6 Å². The number of nitrogens with one attached hydrogen (secondary N) is 1. The van der Waals surface area contributed by atoms with Crippen molar-refractivity contribution in [3.8, 4) is 0 Å². The van der Waals surface area contributed by atoms with Crippen LogP contribution in [0.1, 0.15) is 61.7 Å². The van der Waals surface area contributed by atoms with Crippen molar-refractivity contribution in [3.63, 3.8) is 0 Å². The number of ether oxygens (including phenoxy) is 1. The molecule has 20 heavy (non-hydrogen) atoms. The predicted octanol–water partition coefficient (Wildman–Crippen LogP) is 3.09. The normalized spacial score (nSPS) is 27.6. The Morgan fingerprint density at radius 3 is 2.90 bits per heavy atom. The number of rotatable bonds is 3. The van der Waals surface area contributed by atoms with Crippen molar-refractivity contribution >= 4 is 11.3 Å². The van der Waals surface area contributed by atoms with Crippen molar-refractivity contribution in [3.05, 3.63) is 16.1 Å². The van der Waals surface area contributed by atoms with Crippen molar-refractivity contribution in [1.29, 1.82) is 0 Å². The maximum Gasteiger partial charge on any atom is 0.0898 e. The van der Waals surface area contributed by atoms with E-state index in [1.54, 1.807) is 11.3 Å². The van der Waals surface area contributed by atoms with Crippen LogP contribution in [0.15, 0.2) is 5.38 Å². The molecule has 0 radical (unpaired) electrons. The van der Waals surface area contributed by atoms with E-state index >= 15 is 0 Å². The van der Waals surface area contributed by atoms with Gasteiger partial charge in [0.15, 0.2) is 0 Å². The lowest BCUT2D eigenvalue weighted by atomic mass is 9.74. The minimum Gasteiger partial charge on any atom is -0.375 e. The highest BCUT2D eigenvalue weighted by atomic mass is 32.1. The zero-order valence-electron chi connectivity index (χ0n) is 12.2. The summed E-state index contributed by atoms with van der Waals surface area (Å²) in [7, 11) is 0. The van der Waals surface area contributed by atoms with Gasteiger partial charge in [0.25, 0.3) is 0 Å². The molecule has 5 heteroatoms. The summed E-state index contributed by atoms with van der Waals surface area (Å²) in [5, 5.41) is 3.25. The smallest absolute Gasteiger partial charge is 0.0898 e. The Labute approximate surface area is 125 Å². The number of thiazole rings is 1. The van der Waals surface area contributed by atoms with Crippen molar-refractivity contribution in [2.24, 2.45) is 11.8 Å². The Morgan fingerprint density at radius 2 is 2.25 bits per heavy atom. The minimum absolute atomic E-state index is 0.126. The highest BCUT2D eigenvalue weighted by Crippen LogP contribution is 2.44. The molecule has 0 amide bonds. The molecule has 1 aliphatic heterocycles. The van der Waals surface area contributed by atoms with Crippen LogP contribution in [0.25, 0.3) is 0 Å². The van der Waals surface area contributed by atoms with Gasteiger partial charge in [-0.2, -0.15) is 0 Å². The van der Waals surface area contributed by atoms with E-state index < -0.39 is 0 Å². The first-order valence-electron chi connectivity index (χ1n) is 7.75. The van der Waals surface area contributed by atoms with Crippen LogP contribution in [0, 0.1) is 12.8 Å². The van der Waals surface area contributed by atoms with Gasteiger partial charge in [0, 0.05) is 12.0 Å². The zero-order valence-corrected chi connectivity index (χ0v) is 13.0. The quantitative estimate of drug-likeness (QED) is 0.664. The summed E-state index contributed by atoms with van der Waals surface area (Å²) < 4.78 is 6.19. The molecule has 3 rings (SSSR count). The van der Waals surface area contributed by atoms with E-state index in [9.17, 15) is 0 Å². The molecule has 0 bridgehead atoms. The second kappa shape index (κ2) is 6.10. The molecule has 4 nitrogen and oxygen atoms in total. The number of hydrogen-bond acceptors (Lipinski definition) is 5. The van der Waals surface area contributed by atoms with Crippen LogP contribution in [-0.4, -0.2) is 17.2 Å². The first-order valence-corrected chi connectivity index (χ1v) is 8.62. The van der Waals surface area contributed by atoms with E-state index in [2.05, 4.69) is 15.8 Å². The third-order valence-electron chi connectivity index (χ3n) is 4.90. The van der Waals surface area contributed by atoms with E-state index in [0.717, 1.165) is 30.2 Å². The summed E-state index contributed by atoms with van der Waals surface area (Å²) in [5.41, 5.74) is 4.24. The summed E-state index contributed by atoms with van der Waals surface area (Å²) in [6.45, 7) is 2.92. The van der Waals surface area contributed by atoms with Gasteiger partial charge < -0.3 is 4.74 Å². The summed E-state index contributed by atoms with van der Waals surface area (Å²) in [6, 6.07) is 0.169. The Morgan fingerprint density at radius 1 is 1.45 bits per heavy atom. The van der Waals surface area contributed by atoms with Gasteiger partial charge in [-0.05, 0) is 38.5 Å². The molecule has 1 aromatic rings. The Balaban J connectivity index is 1.74. The van der Waals surface area contributed by atoms with Gasteiger partial charge >= 0.3 is 0 Å². The van der Waals surface area contributed by atoms with Gasteiger partial charge in [0.1, 0.15) is 0 Å². The summed E-state index contributed by atoms with van der Waals surface area (Å²) >= 11 is 1.70. The van der Waals surface area contributed by atoms with Gasteiger partial charge in [-0.15, -0.1) is 11.3 Å². The average molecular weight is 295 g/mol. The molecule has 2 unspecified atom stereocenters. The fraction of sp³-hybridized carbons (Fsp3) is 0.800. The highest BCUT2D eigenvalue weighted by Gasteiger charge is 2.41. The largest absolute Gasteiger partial charge is 0.375 e. The molecule has 1 saturated carbocycles. The van der Waals surface area contributed by atoms with Crippen molar-refractivity contribution < 1.29 is 4.74 Å². The van der Waals surface area contributed by atoms with Gasteiger partial charge in [0.05, 0.1) is 22.3 Å². The second-order valence-corrected chi connectivity index (χ2v) is 7.34. The van der Waals surface area contributed by atoms with Crippen LogP contribution < -0.4 is 11.3 Å². The topological polar surface area (TPSA) is 60.2 Å². The molecule has 1 saturated heterocycles. The first-order chi connectivity index (χ1) is 9.72. The van der Waals surface area contributed by atoms with E-state index in [0.29, 0.717) is 5.92 Å². The van der Waals surface area contributed by atoms with E-state index in [4.69, 9.17) is 10.6 Å². The van der Waals surface area contributed by atoms with Gasteiger partial charge in [-0.25, -0.2) is 4.98 Å². The number of nitrogens with two attached hydrogens (primary N) is 1. The van der Waals surface area contributed by atoms with Crippen molar-refractivity contribution in [2.75, 3.05) is 6.61 Å². The van der Waals surface area contributed by atoms with Crippen LogP contribution in [0.5, 0.6) is 0 Å². The predicted molar refractivity (Wildman–Crippen MR) is 81.4 cm³/mol. The van der Waals surface area contributed by atoms with Crippen LogP contribution in [0.2, 0.25) is 0 Å². The van der Waals surface area contributed by atoms with Crippen LogP contribution in [0.3, 0.4) is 0 Å². The number of hydrazine groups is 1. The van der Waals surface area contributed by atoms with Gasteiger partial charge in [0.2, 0.25) is 0 Å². The van der Waals surface area contributed by atoms with E-state index in [1.807, 2.05) is 6.92 Å². The van der Waals surface area contributed by atoms with Gasteiger partial charge in [-0.1, -0.05) is 19.3 Å². The second-order valence-electron chi connectivity index (χ2n) is 6.28. The maximum atomic E-state index is 6.19. The molecule has 2 heterocycles. The Bertz CT molecular complexity index is 437. The fourth-order valence-electron chi connectivity index (χ4n) is 3.88. The lowest BCUT2D eigenvalue weighted by Crippen LogP contribution is -2.46. The van der Waals surface area contributed by atoms with Crippen molar-refractivity contribution in [1.82, 2.24) is 10.4 Å². The fourth-order valence-corrected chi connectivity index (χ4v) is 4.53. The third-order valence-corrected chi connectivity index (χ3v) is 5.69. The molecule has 1 aromatic heterocycles. The lowest BCUT2D eigenvalue weighted by molar-refractivity contribution is -0.122. The van der Waals surface area contributed by atoms with Crippen molar-refractivity contribution in [2.45, 2.75) is 63.5 Å². The Hall–Kier alpha value is -0.490. The van der Waals surface area contributed by atoms with Crippen LogP contribution in [-0.2, 0) is 4.74 Å². The third kappa shape index (κ3) is 2.91. The highest BCUT2D eigenvalue weighted by molar-refractivity contribution is 7.09. The van der Waals surface area contributed by atoms with Crippen LogP contribution >= 0.6 is 11.3 Å². The molecular formula is C15H25N3OS. The average Bonchev–Trinajstić information content (AvgIpc) is 2.87. The first kappa shape index (κ1) is 14.4. The molecule has 3 N–H and O–H groups in total. The zero-order chi connectivity index (χ0) is 14.0. The number of hydrogen-bond donors (Lipinski definition) is 2. The number of nitrogens with zero attached hydrogens (tertiary/aromatic N) is 1. The lowest BCUT2D eigenvalue weighted by Gasteiger charge is -2.45. The van der Waals surface area contributed by atoms with Crippen LogP contribution in [0.4, 0.5) is 0 Å². The number of aromatic nitrogens is 1. The summed E-state index contributed by atoms with van der Waals surface area (Å²) in [5.74, 6) is 6.37. The monoisotopic (exact) mass is 295 g/mol. The molecule has 1 aliphatic carbocycles. The SMILES string of the molecule is Cc1nc(C(NN)C2CCOC3(CCCCC3)C2)cs1. The standard InChI is InChI=1S/C15H25N3OS/c1-11-17-13(10-20-11)14(18-16)12-5-8-19-15(9-12)6-3-2-4-7-15/h10,12,14,18H,2-9,16H2,1H3. The molecule has 2 atom stereocenters. The van der Waals surface area contributed by atoms with E-state index in [1.165, 1.54) is 32.1 Å².